The molecule has 1 atom stereocenters. The fourth-order valence-electron chi connectivity index (χ4n) is 2.12. The average molecular weight is 350 g/mol. The van der Waals surface area contributed by atoms with E-state index in [4.69, 9.17) is 4.42 Å². The second-order valence-electron chi connectivity index (χ2n) is 4.93. The summed E-state index contributed by atoms with van der Waals surface area (Å²) in [7, 11) is -3.80. The fourth-order valence-corrected chi connectivity index (χ4v) is 3.73. The van der Waals surface area contributed by atoms with Crippen LogP contribution in [0.5, 0.6) is 0 Å². The Hall–Kier alpha value is -2.61. The van der Waals surface area contributed by atoms with Gasteiger partial charge in [-0.3, -0.25) is 9.59 Å². The van der Waals surface area contributed by atoms with Gasteiger partial charge in [0.25, 0.3) is 0 Å². The summed E-state index contributed by atoms with van der Waals surface area (Å²) < 4.78 is 30.9. The van der Waals surface area contributed by atoms with E-state index in [-0.39, 0.29) is 17.2 Å². The molecule has 1 aromatic carbocycles. The molecular formula is C16H18N2O5S. The molecule has 0 radical (unpaired) electrons. The Labute approximate surface area is 140 Å². The first-order valence-corrected chi connectivity index (χ1v) is 8.89. The molecule has 0 aliphatic heterocycles. The molecule has 0 saturated carbocycles. The number of furan rings is 1. The molecule has 0 bridgehead atoms. The van der Waals surface area contributed by atoms with Gasteiger partial charge in [-0.05, 0) is 31.2 Å². The van der Waals surface area contributed by atoms with Crippen LogP contribution in [0.2, 0.25) is 0 Å². The first-order chi connectivity index (χ1) is 11.5. The van der Waals surface area contributed by atoms with Gasteiger partial charge in [-0.25, -0.2) is 8.42 Å². The number of carbonyl (C=O) groups is 2. The number of nitrogens with one attached hydrogen (secondary N) is 2. The predicted octanol–water partition coefficient (Wildman–Crippen LogP) is 1.05. The van der Waals surface area contributed by atoms with Crippen LogP contribution < -0.4 is 10.6 Å². The topological polar surface area (TPSA) is 105 Å². The van der Waals surface area contributed by atoms with Gasteiger partial charge in [-0.2, -0.15) is 0 Å². The molecule has 2 amide bonds. The lowest BCUT2D eigenvalue weighted by atomic mass is 10.3. The van der Waals surface area contributed by atoms with Crippen LogP contribution in [0.1, 0.15) is 17.9 Å². The molecule has 0 aliphatic rings. The van der Waals surface area contributed by atoms with Gasteiger partial charge in [0.15, 0.2) is 9.84 Å². The minimum Gasteiger partial charge on any atom is -0.468 e. The van der Waals surface area contributed by atoms with E-state index < -0.39 is 26.9 Å². The normalized spacial score (nSPS) is 12.4. The zero-order chi connectivity index (χ0) is 17.6. The molecule has 2 N–H and O–H groups in total. The summed E-state index contributed by atoms with van der Waals surface area (Å²) in [6, 6.07) is 10.9. The molecule has 1 aromatic heterocycles. The lowest BCUT2D eigenvalue weighted by molar-refractivity contribution is -0.139. The van der Waals surface area contributed by atoms with E-state index >= 15 is 0 Å². The number of hydrogen-bond donors (Lipinski definition) is 2. The zero-order valence-corrected chi connectivity index (χ0v) is 13.9. The maximum Gasteiger partial charge on any atom is 0.309 e. The summed E-state index contributed by atoms with van der Waals surface area (Å²) in [6.07, 6.45) is 1.36. The Morgan fingerprint density at radius 1 is 1.04 bits per heavy atom. The van der Waals surface area contributed by atoms with Crippen molar-refractivity contribution in [2.45, 2.75) is 17.1 Å². The van der Waals surface area contributed by atoms with Gasteiger partial charge < -0.3 is 15.1 Å². The van der Waals surface area contributed by atoms with Crippen molar-refractivity contribution >= 4 is 21.7 Å². The first kappa shape index (κ1) is 17.7. The maximum atomic E-state index is 12.8. The second kappa shape index (κ2) is 7.78. The number of sulfone groups is 1. The van der Waals surface area contributed by atoms with Crippen LogP contribution in [0.25, 0.3) is 0 Å². The number of rotatable bonds is 6. The molecule has 2 rings (SSSR count). The SMILES string of the molecule is CCNC(=O)C(=O)NC[C@H](c1ccco1)S(=O)(=O)c1ccccc1. The molecule has 24 heavy (non-hydrogen) atoms. The quantitative estimate of drug-likeness (QED) is 0.758. The molecule has 0 aliphatic carbocycles. The minimum atomic E-state index is -3.80. The Morgan fingerprint density at radius 2 is 1.71 bits per heavy atom. The van der Waals surface area contributed by atoms with Crippen LogP contribution in [0.15, 0.2) is 58.0 Å². The standard InChI is InChI=1S/C16H18N2O5S/c1-2-17-15(19)16(20)18-11-14(13-9-6-10-23-13)24(21,22)12-7-4-3-5-8-12/h3-10,14H,2,11H2,1H3,(H,17,19)(H,18,20)/t14-/m1/s1. The Kier molecular flexibility index (Phi) is 5.75. The van der Waals surface area contributed by atoms with Crippen molar-refractivity contribution in [2.24, 2.45) is 0 Å². The number of hydrogen-bond acceptors (Lipinski definition) is 5. The van der Waals surface area contributed by atoms with E-state index in [2.05, 4.69) is 10.6 Å². The monoisotopic (exact) mass is 350 g/mol. The van der Waals surface area contributed by atoms with Crippen LogP contribution in [0.3, 0.4) is 0 Å². The van der Waals surface area contributed by atoms with Crippen LogP contribution in [0, 0.1) is 0 Å². The molecule has 0 unspecified atom stereocenters. The third-order valence-corrected chi connectivity index (χ3v) is 5.38. The van der Waals surface area contributed by atoms with Gasteiger partial charge in [-0.1, -0.05) is 18.2 Å². The highest BCUT2D eigenvalue weighted by Crippen LogP contribution is 2.28. The average Bonchev–Trinajstić information content (AvgIpc) is 3.10. The van der Waals surface area contributed by atoms with Gasteiger partial charge in [0, 0.05) is 13.1 Å². The molecule has 0 spiro atoms. The zero-order valence-electron chi connectivity index (χ0n) is 13.1. The second-order valence-corrected chi connectivity index (χ2v) is 7.06. The van der Waals surface area contributed by atoms with Crippen molar-refractivity contribution in [3.05, 3.63) is 54.5 Å². The number of likely N-dealkylation sites (N-methyl/N-ethyl adjacent to an activating group) is 1. The van der Waals surface area contributed by atoms with Crippen molar-refractivity contribution in [2.75, 3.05) is 13.1 Å². The highest BCUT2D eigenvalue weighted by molar-refractivity contribution is 7.91. The first-order valence-electron chi connectivity index (χ1n) is 7.35. The summed E-state index contributed by atoms with van der Waals surface area (Å²) in [5.41, 5.74) is 0. The summed E-state index contributed by atoms with van der Waals surface area (Å²) in [4.78, 5) is 23.3. The molecule has 1 heterocycles. The van der Waals surface area contributed by atoms with Crippen LogP contribution >= 0.6 is 0 Å². The third-order valence-electron chi connectivity index (χ3n) is 3.30. The minimum absolute atomic E-state index is 0.110. The number of carbonyl (C=O) groups excluding carboxylic acids is 2. The van der Waals surface area contributed by atoms with Crippen LogP contribution in [-0.2, 0) is 19.4 Å². The highest BCUT2D eigenvalue weighted by Gasteiger charge is 2.32. The van der Waals surface area contributed by atoms with Crippen LogP contribution in [-0.4, -0.2) is 33.3 Å². The van der Waals surface area contributed by atoms with E-state index in [0.29, 0.717) is 6.54 Å². The summed E-state index contributed by atoms with van der Waals surface area (Å²) in [5, 5.41) is 3.56. The molecule has 8 heteroatoms. The van der Waals surface area contributed by atoms with Crippen molar-refractivity contribution in [3.8, 4) is 0 Å². The van der Waals surface area contributed by atoms with Crippen LogP contribution in [0.4, 0.5) is 0 Å². The van der Waals surface area contributed by atoms with Gasteiger partial charge >= 0.3 is 11.8 Å². The highest BCUT2D eigenvalue weighted by atomic mass is 32.2. The van der Waals surface area contributed by atoms with E-state index in [9.17, 15) is 18.0 Å². The molecule has 2 aromatic rings. The molecule has 7 nitrogen and oxygen atoms in total. The molecule has 128 valence electrons. The van der Waals surface area contributed by atoms with E-state index in [0.717, 1.165) is 0 Å². The maximum absolute atomic E-state index is 12.8. The third kappa shape index (κ3) is 4.02. The van der Waals surface area contributed by atoms with E-state index in [1.54, 1.807) is 31.2 Å². The fraction of sp³-hybridized carbons (Fsp3) is 0.250. The van der Waals surface area contributed by atoms with Gasteiger partial charge in [-0.15, -0.1) is 0 Å². The lowest BCUT2D eigenvalue weighted by Gasteiger charge is -2.16. The van der Waals surface area contributed by atoms with Crippen molar-refractivity contribution in [1.29, 1.82) is 0 Å². The Bertz CT molecular complexity index is 785. The van der Waals surface area contributed by atoms with E-state index in [1.807, 2.05) is 0 Å². The van der Waals surface area contributed by atoms with Crippen molar-refractivity contribution in [1.82, 2.24) is 10.6 Å². The molecule has 0 saturated heterocycles. The molecular weight excluding hydrogens is 332 g/mol. The smallest absolute Gasteiger partial charge is 0.309 e. The largest absolute Gasteiger partial charge is 0.468 e. The summed E-state index contributed by atoms with van der Waals surface area (Å²) >= 11 is 0. The Balaban J connectivity index is 2.24. The lowest BCUT2D eigenvalue weighted by Crippen LogP contribution is -2.42. The van der Waals surface area contributed by atoms with Gasteiger partial charge in [0.2, 0.25) is 0 Å². The number of amides is 2. The van der Waals surface area contributed by atoms with E-state index in [1.165, 1.54) is 24.5 Å². The predicted molar refractivity (Wildman–Crippen MR) is 86.8 cm³/mol. The summed E-state index contributed by atoms with van der Waals surface area (Å²) in [5.74, 6) is -1.51. The summed E-state index contributed by atoms with van der Waals surface area (Å²) in [6.45, 7) is 1.70. The van der Waals surface area contributed by atoms with Crippen molar-refractivity contribution < 1.29 is 22.4 Å². The van der Waals surface area contributed by atoms with Gasteiger partial charge in [0.05, 0.1) is 11.2 Å². The van der Waals surface area contributed by atoms with Gasteiger partial charge in [0.1, 0.15) is 11.0 Å². The number of benzene rings is 1. The Morgan fingerprint density at radius 3 is 2.29 bits per heavy atom. The molecule has 0 fully saturated rings. The van der Waals surface area contributed by atoms with Crippen molar-refractivity contribution in [3.63, 3.8) is 0 Å².